The van der Waals surface area contributed by atoms with Gasteiger partial charge in [0.05, 0.1) is 7.11 Å². The molecule has 0 saturated carbocycles. The van der Waals surface area contributed by atoms with E-state index in [0.717, 1.165) is 10.0 Å². The van der Waals surface area contributed by atoms with Crippen LogP contribution in [0.5, 0.6) is 11.5 Å². The van der Waals surface area contributed by atoms with E-state index in [1.807, 2.05) is 6.92 Å². The van der Waals surface area contributed by atoms with Gasteiger partial charge in [-0.25, -0.2) is 0 Å². The minimum Gasteiger partial charge on any atom is -0.504 e. The molecule has 0 spiro atoms. The summed E-state index contributed by atoms with van der Waals surface area (Å²) in [5.74, 6) is 0.701. The van der Waals surface area contributed by atoms with E-state index in [2.05, 4.69) is 15.9 Å². The zero-order valence-electron chi connectivity index (χ0n) is 6.39. The average Bonchev–Trinajstić information content (AvgIpc) is 1.99. The molecule has 3 heteroatoms. The van der Waals surface area contributed by atoms with Crippen LogP contribution in [-0.4, -0.2) is 12.2 Å². The molecule has 1 aromatic rings. The molecule has 1 rings (SSSR count). The van der Waals surface area contributed by atoms with E-state index in [4.69, 9.17) is 4.74 Å². The standard InChI is InChI=1S/C8H9BrO2/c1-5-6(9)3-4-7(10)8(5)11-2/h3-4,10H,1-2H3. The van der Waals surface area contributed by atoms with Gasteiger partial charge in [-0.3, -0.25) is 0 Å². The molecule has 0 fully saturated rings. The van der Waals surface area contributed by atoms with Crippen LogP contribution in [0.1, 0.15) is 5.56 Å². The molecule has 0 heterocycles. The molecule has 0 radical (unpaired) electrons. The lowest BCUT2D eigenvalue weighted by Gasteiger charge is -2.07. The Labute approximate surface area is 73.9 Å². The number of hydrogen-bond donors (Lipinski definition) is 1. The third-order valence-electron chi connectivity index (χ3n) is 1.52. The fraction of sp³-hybridized carbons (Fsp3) is 0.250. The first-order valence-electron chi connectivity index (χ1n) is 3.19. The number of methoxy groups -OCH3 is 1. The Balaban J connectivity index is 3.29. The van der Waals surface area contributed by atoms with Gasteiger partial charge >= 0.3 is 0 Å². The summed E-state index contributed by atoms with van der Waals surface area (Å²) in [7, 11) is 1.54. The van der Waals surface area contributed by atoms with Gasteiger partial charge in [-0.15, -0.1) is 0 Å². The van der Waals surface area contributed by atoms with Gasteiger partial charge < -0.3 is 9.84 Å². The molecule has 1 N–H and O–H groups in total. The normalized spacial score (nSPS) is 9.73. The maximum Gasteiger partial charge on any atom is 0.164 e. The topological polar surface area (TPSA) is 29.5 Å². The number of phenolic OH excluding ortho intramolecular Hbond substituents is 1. The van der Waals surface area contributed by atoms with Crippen molar-refractivity contribution in [3.05, 3.63) is 22.2 Å². The SMILES string of the molecule is COc1c(O)ccc(Br)c1C. The number of ether oxygens (including phenoxy) is 1. The molecule has 0 bridgehead atoms. The first-order valence-corrected chi connectivity index (χ1v) is 3.98. The maximum atomic E-state index is 9.27. The number of rotatable bonds is 1. The summed E-state index contributed by atoms with van der Waals surface area (Å²) in [6.07, 6.45) is 0. The minimum absolute atomic E-state index is 0.174. The predicted octanol–water partition coefficient (Wildman–Crippen LogP) is 2.47. The molecule has 0 amide bonds. The zero-order chi connectivity index (χ0) is 8.43. The third kappa shape index (κ3) is 1.48. The second-order valence-corrected chi connectivity index (χ2v) is 3.08. The molecular formula is C8H9BrO2. The van der Waals surface area contributed by atoms with Crippen LogP contribution in [0.15, 0.2) is 16.6 Å². The quantitative estimate of drug-likeness (QED) is 0.782. The highest BCUT2D eigenvalue weighted by atomic mass is 79.9. The van der Waals surface area contributed by atoms with Gasteiger partial charge in [0.1, 0.15) is 0 Å². The van der Waals surface area contributed by atoms with Crippen molar-refractivity contribution in [1.29, 1.82) is 0 Å². The van der Waals surface area contributed by atoms with Crippen molar-refractivity contribution in [2.24, 2.45) is 0 Å². The molecule has 2 nitrogen and oxygen atoms in total. The van der Waals surface area contributed by atoms with Gasteiger partial charge in [-0.2, -0.15) is 0 Å². The van der Waals surface area contributed by atoms with Crippen LogP contribution >= 0.6 is 15.9 Å². The molecule has 11 heavy (non-hydrogen) atoms. The summed E-state index contributed by atoms with van der Waals surface area (Å²) in [6.45, 7) is 1.88. The first kappa shape index (κ1) is 8.40. The summed E-state index contributed by atoms with van der Waals surface area (Å²) in [6, 6.07) is 3.38. The monoisotopic (exact) mass is 216 g/mol. The summed E-state index contributed by atoms with van der Waals surface area (Å²) in [4.78, 5) is 0. The summed E-state index contributed by atoms with van der Waals surface area (Å²) >= 11 is 3.33. The van der Waals surface area contributed by atoms with E-state index in [0.29, 0.717) is 5.75 Å². The van der Waals surface area contributed by atoms with E-state index < -0.39 is 0 Å². The Hall–Kier alpha value is -0.700. The Morgan fingerprint density at radius 1 is 1.45 bits per heavy atom. The number of hydrogen-bond acceptors (Lipinski definition) is 2. The Morgan fingerprint density at radius 2 is 2.09 bits per heavy atom. The number of phenols is 1. The lowest BCUT2D eigenvalue weighted by Crippen LogP contribution is -1.88. The number of halogens is 1. The van der Waals surface area contributed by atoms with E-state index in [1.54, 1.807) is 12.1 Å². The van der Waals surface area contributed by atoms with Crippen LogP contribution in [0.2, 0.25) is 0 Å². The number of aromatic hydroxyl groups is 1. The van der Waals surface area contributed by atoms with E-state index in [9.17, 15) is 5.11 Å². The highest BCUT2D eigenvalue weighted by Crippen LogP contribution is 2.33. The lowest BCUT2D eigenvalue weighted by molar-refractivity contribution is 0.370. The van der Waals surface area contributed by atoms with Gasteiger partial charge in [0.2, 0.25) is 0 Å². The van der Waals surface area contributed by atoms with Crippen LogP contribution in [0.3, 0.4) is 0 Å². The third-order valence-corrected chi connectivity index (χ3v) is 2.38. The molecule has 60 valence electrons. The van der Waals surface area contributed by atoms with Crippen LogP contribution in [0, 0.1) is 6.92 Å². The van der Waals surface area contributed by atoms with Crippen LogP contribution in [0.4, 0.5) is 0 Å². The second kappa shape index (κ2) is 3.13. The molecular weight excluding hydrogens is 208 g/mol. The highest BCUT2D eigenvalue weighted by molar-refractivity contribution is 9.10. The van der Waals surface area contributed by atoms with Crippen molar-refractivity contribution in [3.8, 4) is 11.5 Å². The molecule has 0 aromatic heterocycles. The van der Waals surface area contributed by atoms with Gasteiger partial charge in [-0.05, 0) is 19.1 Å². The summed E-state index contributed by atoms with van der Waals surface area (Å²) in [5, 5.41) is 9.27. The van der Waals surface area contributed by atoms with Crippen molar-refractivity contribution in [1.82, 2.24) is 0 Å². The van der Waals surface area contributed by atoms with E-state index in [1.165, 1.54) is 7.11 Å². The second-order valence-electron chi connectivity index (χ2n) is 2.22. The largest absolute Gasteiger partial charge is 0.504 e. The smallest absolute Gasteiger partial charge is 0.164 e. The minimum atomic E-state index is 0.174. The lowest BCUT2D eigenvalue weighted by atomic mass is 10.2. The Morgan fingerprint density at radius 3 is 2.55 bits per heavy atom. The summed E-state index contributed by atoms with van der Waals surface area (Å²) in [5.41, 5.74) is 0.910. The Bertz CT molecular complexity index is 271. The molecule has 0 unspecified atom stereocenters. The van der Waals surface area contributed by atoms with E-state index >= 15 is 0 Å². The van der Waals surface area contributed by atoms with Crippen LogP contribution < -0.4 is 4.74 Å². The molecule has 0 atom stereocenters. The van der Waals surface area contributed by atoms with Gasteiger partial charge in [0.25, 0.3) is 0 Å². The highest BCUT2D eigenvalue weighted by Gasteiger charge is 2.06. The van der Waals surface area contributed by atoms with E-state index in [-0.39, 0.29) is 5.75 Å². The van der Waals surface area contributed by atoms with Crippen molar-refractivity contribution in [2.75, 3.05) is 7.11 Å². The van der Waals surface area contributed by atoms with Gasteiger partial charge in [0, 0.05) is 10.0 Å². The van der Waals surface area contributed by atoms with Crippen molar-refractivity contribution >= 4 is 15.9 Å². The van der Waals surface area contributed by atoms with Crippen LogP contribution in [0.25, 0.3) is 0 Å². The molecule has 1 aromatic carbocycles. The Kier molecular flexibility index (Phi) is 2.39. The average molecular weight is 217 g/mol. The maximum absolute atomic E-state index is 9.27. The fourth-order valence-electron chi connectivity index (χ4n) is 0.911. The zero-order valence-corrected chi connectivity index (χ0v) is 7.97. The number of benzene rings is 1. The fourth-order valence-corrected chi connectivity index (χ4v) is 1.22. The molecule has 0 aliphatic rings. The molecule has 0 saturated heterocycles. The van der Waals surface area contributed by atoms with Gasteiger partial charge in [0.15, 0.2) is 11.5 Å². The van der Waals surface area contributed by atoms with Crippen LogP contribution in [-0.2, 0) is 0 Å². The van der Waals surface area contributed by atoms with Crippen molar-refractivity contribution in [3.63, 3.8) is 0 Å². The molecule has 0 aliphatic heterocycles. The van der Waals surface area contributed by atoms with Gasteiger partial charge in [-0.1, -0.05) is 15.9 Å². The van der Waals surface area contributed by atoms with Crippen molar-refractivity contribution < 1.29 is 9.84 Å². The van der Waals surface area contributed by atoms with Crippen molar-refractivity contribution in [2.45, 2.75) is 6.92 Å². The first-order chi connectivity index (χ1) is 5.16. The predicted molar refractivity (Wildman–Crippen MR) is 47.1 cm³/mol. The summed E-state index contributed by atoms with van der Waals surface area (Å²) < 4.78 is 5.91. The molecule has 0 aliphatic carbocycles.